The number of carbonyl (C=O) groups excluding carboxylic acids is 1. The van der Waals surface area contributed by atoms with Crippen LogP contribution in [0.3, 0.4) is 0 Å². The molecule has 0 aliphatic rings. The van der Waals surface area contributed by atoms with Crippen molar-refractivity contribution in [3.63, 3.8) is 0 Å². The van der Waals surface area contributed by atoms with E-state index < -0.39 is 19.8 Å². The van der Waals surface area contributed by atoms with Gasteiger partial charge in [-0.3, -0.25) is 14.3 Å². The third-order valence-corrected chi connectivity index (χ3v) is 7.72. The summed E-state index contributed by atoms with van der Waals surface area (Å²) >= 11 is 3.62. The Labute approximate surface area is 229 Å². The zero-order chi connectivity index (χ0) is 27.3. The Balaban J connectivity index is 1.66. The van der Waals surface area contributed by atoms with E-state index >= 15 is 0 Å². The molecule has 38 heavy (non-hydrogen) atoms. The third kappa shape index (κ3) is 6.77. The predicted octanol–water partition coefficient (Wildman–Crippen LogP) is 4.65. The van der Waals surface area contributed by atoms with E-state index in [1.807, 2.05) is 59.2 Å². The fraction of sp³-hybridized carbons (Fsp3) is 0.259. The van der Waals surface area contributed by atoms with Gasteiger partial charge >= 0.3 is 0 Å². The largest absolute Gasteiger partial charge is 0.756 e. The van der Waals surface area contributed by atoms with E-state index in [-0.39, 0.29) is 19.8 Å². The van der Waals surface area contributed by atoms with Crippen molar-refractivity contribution in [1.82, 2.24) is 14.9 Å². The van der Waals surface area contributed by atoms with Gasteiger partial charge in [-0.1, -0.05) is 42.5 Å². The summed E-state index contributed by atoms with van der Waals surface area (Å²) in [6.07, 6.45) is 2.95. The van der Waals surface area contributed by atoms with Crippen molar-refractivity contribution < 1.29 is 28.4 Å². The molecular weight excluding hydrogens is 573 g/mol. The van der Waals surface area contributed by atoms with Crippen molar-refractivity contribution in [2.45, 2.75) is 33.1 Å². The van der Waals surface area contributed by atoms with E-state index in [9.17, 15) is 19.4 Å². The molecule has 0 saturated carbocycles. The molecule has 0 aliphatic heterocycles. The first kappa shape index (κ1) is 28.2. The summed E-state index contributed by atoms with van der Waals surface area (Å²) in [5.74, 6) is -0.392. The third-order valence-electron chi connectivity index (χ3n) is 5.74. The van der Waals surface area contributed by atoms with E-state index in [1.165, 1.54) is 0 Å². The highest BCUT2D eigenvalue weighted by atomic mass is 79.9. The van der Waals surface area contributed by atoms with Crippen LogP contribution in [0.25, 0.3) is 22.0 Å². The number of fused-ring (bicyclic) bond motifs is 1. The Morgan fingerprint density at radius 3 is 2.55 bits per heavy atom. The molecule has 200 valence electrons. The van der Waals surface area contributed by atoms with Crippen LogP contribution in [0.1, 0.15) is 35.5 Å². The lowest BCUT2D eigenvalue weighted by Crippen LogP contribution is -2.30. The number of aliphatic hydroxyl groups excluding tert-OH is 1. The molecule has 1 amide bonds. The number of nitrogens with zero attached hydrogens (tertiary/aromatic N) is 2. The maximum Gasteiger partial charge on any atom is 0.269 e. The Morgan fingerprint density at radius 2 is 1.89 bits per heavy atom. The summed E-state index contributed by atoms with van der Waals surface area (Å²) in [6, 6.07) is 17.3. The number of nitrogens with one attached hydrogen (secondary N) is 1. The number of phosphoric ester groups is 1. The minimum absolute atomic E-state index is 0.0351. The Morgan fingerprint density at radius 1 is 1.16 bits per heavy atom. The summed E-state index contributed by atoms with van der Waals surface area (Å²) in [4.78, 5) is 29.4. The highest BCUT2D eigenvalue weighted by molar-refractivity contribution is 9.10. The predicted molar refractivity (Wildman–Crippen MR) is 146 cm³/mol. The molecule has 0 bridgehead atoms. The molecule has 0 saturated heterocycles. The Bertz CT molecular complexity index is 1460. The van der Waals surface area contributed by atoms with E-state index in [4.69, 9.17) is 9.05 Å². The van der Waals surface area contributed by atoms with Gasteiger partial charge in [-0.25, -0.2) is 0 Å². The van der Waals surface area contributed by atoms with E-state index in [1.54, 1.807) is 26.2 Å². The number of carbonyl (C=O) groups is 1. The van der Waals surface area contributed by atoms with Crippen LogP contribution in [0.5, 0.6) is 0 Å². The second-order valence-corrected chi connectivity index (χ2v) is 11.0. The summed E-state index contributed by atoms with van der Waals surface area (Å²) in [5.41, 5.74) is 4.84. The number of aromatic nitrogens is 2. The van der Waals surface area contributed by atoms with Crippen LogP contribution in [0.4, 0.5) is 0 Å². The average Bonchev–Trinajstić information content (AvgIpc) is 3.17. The van der Waals surface area contributed by atoms with Gasteiger partial charge in [0.05, 0.1) is 29.3 Å². The Hall–Kier alpha value is -2.85. The van der Waals surface area contributed by atoms with Crippen LogP contribution in [0.15, 0.2) is 71.5 Å². The molecule has 0 fully saturated rings. The number of hydrogen-bond donors (Lipinski definition) is 2. The molecule has 4 aromatic rings. The van der Waals surface area contributed by atoms with Gasteiger partial charge in [0.2, 0.25) is 0 Å². The first-order chi connectivity index (χ1) is 18.2. The maximum absolute atomic E-state index is 13.4. The number of halogens is 1. The first-order valence-corrected chi connectivity index (χ1v) is 14.3. The number of pyridine rings is 1. The lowest BCUT2D eigenvalue weighted by molar-refractivity contribution is -0.228. The average molecular weight is 601 g/mol. The van der Waals surface area contributed by atoms with Gasteiger partial charge in [-0.2, -0.15) is 0 Å². The molecular formula is C27H28BrN3O6P-. The summed E-state index contributed by atoms with van der Waals surface area (Å²) in [6.45, 7) is 3.21. The molecule has 0 aliphatic carbocycles. The zero-order valence-electron chi connectivity index (χ0n) is 21.0. The van der Waals surface area contributed by atoms with Crippen LogP contribution < -0.4 is 10.2 Å². The molecule has 2 heterocycles. The van der Waals surface area contributed by atoms with Crippen LogP contribution >= 0.6 is 23.8 Å². The quantitative estimate of drug-likeness (QED) is 0.190. The molecule has 1 unspecified atom stereocenters. The van der Waals surface area contributed by atoms with Crippen LogP contribution in [0.2, 0.25) is 0 Å². The molecule has 0 spiro atoms. The van der Waals surface area contributed by atoms with E-state index in [0.717, 1.165) is 33.2 Å². The minimum atomic E-state index is -4.45. The normalized spacial score (nSPS) is 13.1. The number of phosphoric acid groups is 1. The molecule has 2 aromatic carbocycles. The number of hydrogen-bond acceptors (Lipinski definition) is 7. The second kappa shape index (κ2) is 12.3. The number of rotatable bonds is 11. The van der Waals surface area contributed by atoms with E-state index in [2.05, 4.69) is 26.2 Å². The van der Waals surface area contributed by atoms with Crippen molar-refractivity contribution in [1.29, 1.82) is 0 Å². The standard InChI is InChI=1S/C27H29BrN3O6P/c1-18(2)37-38(34,35)36-13-12-30-27(33)26-25(28)23-10-9-21(22-4-3-11-29-15-22)14-24(23)31(26)16-19-5-7-20(17-32)8-6-19/h3-11,14-15,18,32H,12-13,16-17H2,1-2H3,(H,30,33)(H,34,35)/p-1. The van der Waals surface area contributed by atoms with Crippen LogP contribution in [-0.4, -0.2) is 39.8 Å². The van der Waals surface area contributed by atoms with Gasteiger partial charge < -0.3 is 28.9 Å². The zero-order valence-corrected chi connectivity index (χ0v) is 23.4. The topological polar surface area (TPSA) is 126 Å². The van der Waals surface area contributed by atoms with Gasteiger partial charge in [-0.15, -0.1) is 0 Å². The van der Waals surface area contributed by atoms with Gasteiger partial charge in [-0.05, 0) is 58.6 Å². The second-order valence-electron chi connectivity index (χ2n) is 8.89. The molecule has 2 N–H and O–H groups in total. The highest BCUT2D eigenvalue weighted by Crippen LogP contribution is 2.39. The van der Waals surface area contributed by atoms with Crippen molar-refractivity contribution in [3.8, 4) is 11.1 Å². The van der Waals surface area contributed by atoms with Crippen LogP contribution in [0, 0.1) is 0 Å². The fourth-order valence-corrected chi connectivity index (χ4v) is 5.66. The molecule has 2 aromatic heterocycles. The SMILES string of the molecule is CC(C)OP(=O)([O-])OCCNC(=O)c1c(Br)c2ccc(-c3cccnc3)cc2n1Cc1ccc(CO)cc1. The van der Waals surface area contributed by atoms with Gasteiger partial charge in [0.25, 0.3) is 13.7 Å². The number of amides is 1. The fourth-order valence-electron chi connectivity index (χ4n) is 4.03. The lowest BCUT2D eigenvalue weighted by Gasteiger charge is -2.24. The smallest absolute Gasteiger partial charge is 0.269 e. The van der Waals surface area contributed by atoms with Crippen molar-refractivity contribution >= 4 is 40.6 Å². The molecule has 9 nitrogen and oxygen atoms in total. The van der Waals surface area contributed by atoms with Gasteiger partial charge in [0.15, 0.2) is 0 Å². The monoisotopic (exact) mass is 600 g/mol. The Kier molecular flexibility index (Phi) is 9.15. The molecule has 0 radical (unpaired) electrons. The van der Waals surface area contributed by atoms with E-state index in [0.29, 0.717) is 16.7 Å². The molecule has 1 atom stereocenters. The number of benzene rings is 2. The molecule has 4 rings (SSSR count). The summed E-state index contributed by atoms with van der Waals surface area (Å²) in [5, 5.41) is 13.0. The minimum Gasteiger partial charge on any atom is -0.756 e. The molecule has 11 heteroatoms. The maximum atomic E-state index is 13.4. The van der Waals surface area contributed by atoms with Gasteiger partial charge in [0, 0.05) is 36.4 Å². The highest BCUT2D eigenvalue weighted by Gasteiger charge is 2.22. The summed E-state index contributed by atoms with van der Waals surface area (Å²) < 4.78 is 24.0. The van der Waals surface area contributed by atoms with Crippen molar-refractivity contribution in [3.05, 3.63) is 88.3 Å². The van der Waals surface area contributed by atoms with Crippen LogP contribution in [-0.2, 0) is 26.8 Å². The number of aliphatic hydroxyl groups is 1. The first-order valence-electron chi connectivity index (χ1n) is 12.0. The summed E-state index contributed by atoms with van der Waals surface area (Å²) in [7, 11) is -4.45. The van der Waals surface area contributed by atoms with Gasteiger partial charge in [0.1, 0.15) is 5.69 Å². The lowest BCUT2D eigenvalue weighted by atomic mass is 10.1. The van der Waals surface area contributed by atoms with Crippen molar-refractivity contribution in [2.75, 3.05) is 13.2 Å². The van der Waals surface area contributed by atoms with Crippen molar-refractivity contribution in [2.24, 2.45) is 0 Å².